The van der Waals surface area contributed by atoms with Crippen molar-refractivity contribution in [1.82, 2.24) is 5.32 Å². The molecule has 0 aliphatic carbocycles. The Morgan fingerprint density at radius 1 is 1.50 bits per heavy atom. The Kier molecular flexibility index (Phi) is 1.85. The first kappa shape index (κ1) is 6.04. The van der Waals surface area contributed by atoms with Gasteiger partial charge in [0.15, 0.2) is 0 Å². The minimum atomic E-state index is -2.16. The van der Waals surface area contributed by atoms with E-state index in [1.165, 1.54) is 0 Å². The highest BCUT2D eigenvalue weighted by molar-refractivity contribution is 7.73. The summed E-state index contributed by atoms with van der Waals surface area (Å²) in [6.07, 6.45) is 0.790. The van der Waals surface area contributed by atoms with Gasteiger partial charge in [0.1, 0.15) is 10.7 Å². The van der Waals surface area contributed by atoms with Crippen molar-refractivity contribution in [3.8, 4) is 0 Å². The Balaban J connectivity index is 2.47. The average molecular weight is 135 g/mol. The van der Waals surface area contributed by atoms with Gasteiger partial charge in [-0.15, -0.1) is 0 Å². The predicted molar refractivity (Wildman–Crippen MR) is 31.6 cm³/mol. The van der Waals surface area contributed by atoms with Crippen molar-refractivity contribution in [2.75, 3.05) is 13.1 Å². The quantitative estimate of drug-likeness (QED) is 0.451. The molecule has 8 heavy (non-hydrogen) atoms. The van der Waals surface area contributed by atoms with Gasteiger partial charge in [-0.05, 0) is 13.0 Å². The van der Waals surface area contributed by atoms with E-state index in [9.17, 15) is 8.42 Å². The van der Waals surface area contributed by atoms with Crippen LogP contribution in [0.2, 0.25) is 0 Å². The van der Waals surface area contributed by atoms with Gasteiger partial charge in [-0.25, -0.2) is 8.42 Å². The van der Waals surface area contributed by atoms with Crippen LogP contribution in [0.3, 0.4) is 0 Å². The van der Waals surface area contributed by atoms with Crippen LogP contribution in [0.15, 0.2) is 0 Å². The predicted octanol–water partition coefficient (Wildman–Crippen LogP) is -1.04. The lowest BCUT2D eigenvalue weighted by atomic mass is 10.4. The molecule has 0 aromatic rings. The summed E-state index contributed by atoms with van der Waals surface area (Å²) in [6.45, 7) is 1.51. The maximum atomic E-state index is 10.2. The summed E-state index contributed by atoms with van der Waals surface area (Å²) in [4.78, 5) is 0. The smallest absolute Gasteiger partial charge is 0.144 e. The monoisotopic (exact) mass is 135 g/mol. The zero-order valence-corrected chi connectivity index (χ0v) is 5.36. The molecule has 0 radical (unpaired) electrons. The van der Waals surface area contributed by atoms with Gasteiger partial charge in [-0.1, -0.05) is 0 Å². The van der Waals surface area contributed by atoms with E-state index in [-0.39, 0.29) is 5.25 Å². The van der Waals surface area contributed by atoms with E-state index in [0.717, 1.165) is 13.0 Å². The van der Waals surface area contributed by atoms with Crippen molar-refractivity contribution in [2.45, 2.75) is 11.7 Å². The largest absolute Gasteiger partial charge is 0.315 e. The lowest BCUT2D eigenvalue weighted by Gasteiger charge is -1.91. The molecule has 1 rings (SSSR count). The summed E-state index contributed by atoms with van der Waals surface area (Å²) in [5, 5.41) is 2.88. The number of hydrogen-bond donors (Lipinski definition) is 2. The molecule has 4 heteroatoms. The van der Waals surface area contributed by atoms with E-state index in [0.29, 0.717) is 6.54 Å². The maximum absolute atomic E-state index is 10.2. The molecule has 1 N–H and O–H groups in total. The Morgan fingerprint density at radius 3 is 2.50 bits per heavy atom. The fourth-order valence-corrected chi connectivity index (χ4v) is 1.44. The van der Waals surface area contributed by atoms with Crippen molar-refractivity contribution in [2.24, 2.45) is 0 Å². The summed E-state index contributed by atoms with van der Waals surface area (Å²) in [7, 11) is -2.16. The Labute approximate surface area is 50.0 Å². The van der Waals surface area contributed by atoms with Gasteiger partial charge in [0.2, 0.25) is 0 Å². The van der Waals surface area contributed by atoms with Crippen molar-refractivity contribution >= 4 is 10.7 Å². The van der Waals surface area contributed by atoms with Crippen LogP contribution >= 0.6 is 0 Å². The molecule has 0 saturated carbocycles. The Bertz CT molecular complexity index is 129. The van der Waals surface area contributed by atoms with Crippen molar-refractivity contribution < 1.29 is 8.42 Å². The molecular formula is C4H9NO2S. The van der Waals surface area contributed by atoms with Gasteiger partial charge >= 0.3 is 0 Å². The molecule has 1 aliphatic rings. The van der Waals surface area contributed by atoms with Crippen molar-refractivity contribution in [3.63, 3.8) is 0 Å². The molecule has 48 valence electrons. The first-order chi connectivity index (χ1) is 3.80. The first-order valence-corrected chi connectivity index (χ1v) is 3.89. The summed E-state index contributed by atoms with van der Waals surface area (Å²) in [6, 6.07) is 0. The van der Waals surface area contributed by atoms with E-state index >= 15 is 0 Å². The summed E-state index contributed by atoms with van der Waals surface area (Å²) in [5.74, 6) is 0. The van der Waals surface area contributed by atoms with Crippen molar-refractivity contribution in [1.29, 1.82) is 0 Å². The van der Waals surface area contributed by atoms with Gasteiger partial charge in [-0.3, -0.25) is 0 Å². The van der Waals surface area contributed by atoms with Crippen LogP contribution in [0.1, 0.15) is 6.42 Å². The summed E-state index contributed by atoms with van der Waals surface area (Å²) < 4.78 is 20.4. The highest BCUT2D eigenvalue weighted by atomic mass is 32.2. The van der Waals surface area contributed by atoms with Gasteiger partial charge in [0.25, 0.3) is 0 Å². The minimum absolute atomic E-state index is 0.0926. The van der Waals surface area contributed by atoms with Gasteiger partial charge in [-0.2, -0.15) is 0 Å². The van der Waals surface area contributed by atoms with Crippen LogP contribution in [0.4, 0.5) is 0 Å². The van der Waals surface area contributed by atoms with Gasteiger partial charge in [0, 0.05) is 6.54 Å². The topological polar surface area (TPSA) is 46.2 Å². The normalized spacial score (nSPS) is 29.4. The number of thiol groups is 1. The third kappa shape index (κ3) is 1.20. The van der Waals surface area contributed by atoms with Gasteiger partial charge < -0.3 is 5.32 Å². The van der Waals surface area contributed by atoms with Crippen molar-refractivity contribution in [3.05, 3.63) is 0 Å². The second kappa shape index (κ2) is 2.46. The average Bonchev–Trinajstić information content (AvgIpc) is 2.12. The highest BCUT2D eigenvalue weighted by Crippen LogP contribution is 1.99. The second-order valence-corrected chi connectivity index (χ2v) is 3.23. The van der Waals surface area contributed by atoms with E-state index in [1.54, 1.807) is 0 Å². The van der Waals surface area contributed by atoms with E-state index in [2.05, 4.69) is 5.32 Å². The molecule has 1 fully saturated rings. The second-order valence-electron chi connectivity index (χ2n) is 1.93. The molecule has 3 nitrogen and oxygen atoms in total. The zero-order valence-electron chi connectivity index (χ0n) is 4.46. The standard InChI is InChI=1S/C4H9NO2S/c6-8(7)4-1-2-5-3-4/h4-5,8H,1-3H2. The molecule has 0 aromatic carbocycles. The third-order valence-electron chi connectivity index (χ3n) is 1.33. The molecule has 1 saturated heterocycles. The lowest BCUT2D eigenvalue weighted by Crippen LogP contribution is -2.13. The lowest BCUT2D eigenvalue weighted by molar-refractivity contribution is 0.603. The fourth-order valence-electron chi connectivity index (χ4n) is 0.819. The van der Waals surface area contributed by atoms with E-state index < -0.39 is 10.7 Å². The van der Waals surface area contributed by atoms with Crippen LogP contribution in [0.25, 0.3) is 0 Å². The van der Waals surface area contributed by atoms with E-state index in [4.69, 9.17) is 0 Å². The third-order valence-corrected chi connectivity index (χ3v) is 2.37. The first-order valence-electron chi connectivity index (χ1n) is 2.65. The number of rotatable bonds is 1. The zero-order chi connectivity index (χ0) is 5.98. The molecule has 0 amide bonds. The maximum Gasteiger partial charge on any atom is 0.144 e. The molecular weight excluding hydrogens is 126 g/mol. The molecule has 0 spiro atoms. The Morgan fingerprint density at radius 2 is 2.25 bits per heavy atom. The SMILES string of the molecule is O=[SH](=O)C1CCNC1. The molecule has 1 atom stereocenters. The van der Waals surface area contributed by atoms with Crippen LogP contribution < -0.4 is 5.32 Å². The van der Waals surface area contributed by atoms with Gasteiger partial charge in [0.05, 0.1) is 5.25 Å². The number of nitrogens with one attached hydrogen (secondary N) is 1. The Hall–Kier alpha value is -0.0900. The van der Waals surface area contributed by atoms with Crippen LogP contribution in [-0.4, -0.2) is 26.8 Å². The summed E-state index contributed by atoms with van der Waals surface area (Å²) in [5.41, 5.74) is 0. The van der Waals surface area contributed by atoms with E-state index in [1.807, 2.05) is 0 Å². The molecule has 0 bridgehead atoms. The fraction of sp³-hybridized carbons (Fsp3) is 1.00. The van der Waals surface area contributed by atoms with Crippen LogP contribution in [-0.2, 0) is 10.7 Å². The minimum Gasteiger partial charge on any atom is -0.315 e. The molecule has 1 aliphatic heterocycles. The highest BCUT2D eigenvalue weighted by Gasteiger charge is 2.15. The van der Waals surface area contributed by atoms with Crippen LogP contribution in [0.5, 0.6) is 0 Å². The number of hydrogen-bond acceptors (Lipinski definition) is 3. The summed E-state index contributed by atoms with van der Waals surface area (Å²) >= 11 is 0. The van der Waals surface area contributed by atoms with Crippen LogP contribution in [0, 0.1) is 0 Å². The molecule has 1 heterocycles. The molecule has 1 unspecified atom stereocenters. The molecule has 0 aromatic heterocycles.